The second kappa shape index (κ2) is 4.34. The largest absolute Gasteiger partial charge is 0.353 e. The van der Waals surface area contributed by atoms with E-state index < -0.39 is 9.84 Å². The first kappa shape index (κ1) is 11.3. The lowest BCUT2D eigenvalue weighted by atomic mass is 10.4. The molecule has 1 aliphatic heterocycles. The summed E-state index contributed by atoms with van der Waals surface area (Å²) in [7, 11) is -2.85. The lowest BCUT2D eigenvalue weighted by Gasteiger charge is -2.27. The van der Waals surface area contributed by atoms with Crippen molar-refractivity contribution in [3.63, 3.8) is 0 Å². The summed E-state index contributed by atoms with van der Waals surface area (Å²) in [5.41, 5.74) is 6.15. The Balaban J connectivity index is 2.08. The van der Waals surface area contributed by atoms with Crippen LogP contribution in [0.2, 0.25) is 0 Å². The van der Waals surface area contributed by atoms with Crippen LogP contribution < -0.4 is 10.6 Å². The monoisotopic (exact) mass is 242 g/mol. The van der Waals surface area contributed by atoms with E-state index in [1.807, 2.05) is 4.90 Å². The summed E-state index contributed by atoms with van der Waals surface area (Å²) in [5, 5.41) is 0. The maximum atomic E-state index is 11.2. The molecule has 1 saturated heterocycles. The van der Waals surface area contributed by atoms with Gasteiger partial charge in [0.15, 0.2) is 9.84 Å². The lowest BCUT2D eigenvalue weighted by Crippen LogP contribution is -2.40. The Hall–Kier alpha value is -1.21. The molecule has 7 heteroatoms. The first-order chi connectivity index (χ1) is 7.61. The Bertz CT molecular complexity index is 443. The number of nitrogens with two attached hydrogens (primary N) is 1. The van der Waals surface area contributed by atoms with E-state index in [9.17, 15) is 8.42 Å². The molecule has 0 unspecified atom stereocenters. The fraction of sp³-hybridized carbons (Fsp3) is 0.556. The summed E-state index contributed by atoms with van der Waals surface area (Å²) in [6, 6.07) is 0. The predicted octanol–water partition coefficient (Wildman–Crippen LogP) is -0.830. The fourth-order valence-corrected chi connectivity index (χ4v) is 2.76. The van der Waals surface area contributed by atoms with Gasteiger partial charge in [0, 0.05) is 19.6 Å². The van der Waals surface area contributed by atoms with Crippen molar-refractivity contribution in [3.05, 3.63) is 18.1 Å². The van der Waals surface area contributed by atoms with Crippen molar-refractivity contribution in [2.75, 3.05) is 29.5 Å². The van der Waals surface area contributed by atoms with Gasteiger partial charge in [-0.15, -0.1) is 0 Å². The molecule has 6 nitrogen and oxygen atoms in total. The third-order valence-electron chi connectivity index (χ3n) is 2.57. The van der Waals surface area contributed by atoms with E-state index >= 15 is 0 Å². The molecule has 88 valence electrons. The summed E-state index contributed by atoms with van der Waals surface area (Å²) >= 11 is 0. The zero-order valence-electron chi connectivity index (χ0n) is 8.83. The average Bonchev–Trinajstić information content (AvgIpc) is 2.29. The van der Waals surface area contributed by atoms with E-state index in [-0.39, 0.29) is 11.5 Å². The number of sulfone groups is 1. The third kappa shape index (κ3) is 2.48. The van der Waals surface area contributed by atoms with Gasteiger partial charge in [0.2, 0.25) is 0 Å². The molecule has 1 fully saturated rings. The second-order valence-corrected chi connectivity index (χ2v) is 6.01. The predicted molar refractivity (Wildman–Crippen MR) is 60.8 cm³/mol. The molecule has 0 spiro atoms. The molecule has 1 aromatic rings. The molecular weight excluding hydrogens is 228 g/mol. The van der Waals surface area contributed by atoms with Gasteiger partial charge in [-0.1, -0.05) is 0 Å². The van der Waals surface area contributed by atoms with Crippen LogP contribution in [0, 0.1) is 0 Å². The minimum atomic E-state index is -2.85. The highest BCUT2D eigenvalue weighted by Gasteiger charge is 2.22. The summed E-state index contributed by atoms with van der Waals surface area (Å²) in [6.45, 7) is 1.33. The number of anilines is 1. The van der Waals surface area contributed by atoms with Crippen molar-refractivity contribution in [1.29, 1.82) is 0 Å². The van der Waals surface area contributed by atoms with Crippen LogP contribution in [0.4, 0.5) is 5.82 Å². The van der Waals surface area contributed by atoms with Crippen LogP contribution >= 0.6 is 0 Å². The van der Waals surface area contributed by atoms with E-state index in [0.717, 1.165) is 5.69 Å². The molecule has 2 rings (SSSR count). The number of hydrogen-bond acceptors (Lipinski definition) is 6. The molecule has 0 amide bonds. The minimum Gasteiger partial charge on any atom is -0.353 e. The Morgan fingerprint density at radius 3 is 2.44 bits per heavy atom. The van der Waals surface area contributed by atoms with E-state index in [2.05, 4.69) is 9.97 Å². The molecule has 0 atom stereocenters. The maximum Gasteiger partial charge on any atom is 0.153 e. The van der Waals surface area contributed by atoms with Crippen molar-refractivity contribution in [2.45, 2.75) is 6.54 Å². The van der Waals surface area contributed by atoms with Gasteiger partial charge in [0.05, 0.1) is 29.6 Å². The Labute approximate surface area is 94.4 Å². The quantitative estimate of drug-likeness (QED) is 0.728. The molecule has 0 aliphatic carbocycles. The normalized spacial score (nSPS) is 19.7. The van der Waals surface area contributed by atoms with Crippen LogP contribution in [0.25, 0.3) is 0 Å². The van der Waals surface area contributed by atoms with Crippen molar-refractivity contribution in [1.82, 2.24) is 9.97 Å². The molecule has 1 aliphatic rings. The second-order valence-electron chi connectivity index (χ2n) is 3.71. The van der Waals surface area contributed by atoms with E-state index in [1.54, 1.807) is 12.4 Å². The van der Waals surface area contributed by atoms with Gasteiger partial charge in [-0.2, -0.15) is 0 Å². The topological polar surface area (TPSA) is 89.2 Å². The highest BCUT2D eigenvalue weighted by atomic mass is 32.2. The highest BCUT2D eigenvalue weighted by molar-refractivity contribution is 7.91. The molecule has 16 heavy (non-hydrogen) atoms. The summed E-state index contributed by atoms with van der Waals surface area (Å²) in [5.74, 6) is 1.09. The van der Waals surface area contributed by atoms with Gasteiger partial charge in [0.25, 0.3) is 0 Å². The third-order valence-corrected chi connectivity index (χ3v) is 4.18. The van der Waals surface area contributed by atoms with Gasteiger partial charge in [-0.25, -0.2) is 13.4 Å². The van der Waals surface area contributed by atoms with Crippen molar-refractivity contribution in [2.24, 2.45) is 5.73 Å². The fourth-order valence-electron chi connectivity index (χ4n) is 1.56. The van der Waals surface area contributed by atoms with Gasteiger partial charge >= 0.3 is 0 Å². The first-order valence-corrected chi connectivity index (χ1v) is 6.89. The van der Waals surface area contributed by atoms with Crippen LogP contribution in [0.1, 0.15) is 5.69 Å². The van der Waals surface area contributed by atoms with Crippen molar-refractivity contribution >= 4 is 15.7 Å². The molecule has 0 aromatic carbocycles. The van der Waals surface area contributed by atoms with Crippen LogP contribution in [0.5, 0.6) is 0 Å². The standard InChI is InChI=1S/C9H14N4O2S/c10-5-8-6-12-9(7-11-8)13-1-3-16(14,15)4-2-13/h6-7H,1-5,10H2. The number of aromatic nitrogens is 2. The highest BCUT2D eigenvalue weighted by Crippen LogP contribution is 2.13. The Morgan fingerprint density at radius 1 is 1.25 bits per heavy atom. The van der Waals surface area contributed by atoms with Crippen molar-refractivity contribution in [3.8, 4) is 0 Å². The molecule has 1 aromatic heterocycles. The number of nitrogens with zero attached hydrogens (tertiary/aromatic N) is 3. The molecular formula is C9H14N4O2S. The van der Waals surface area contributed by atoms with Gasteiger partial charge in [-0.3, -0.25) is 4.98 Å². The van der Waals surface area contributed by atoms with Gasteiger partial charge in [-0.05, 0) is 0 Å². The molecule has 0 saturated carbocycles. The smallest absolute Gasteiger partial charge is 0.153 e. The van der Waals surface area contributed by atoms with E-state index in [0.29, 0.717) is 25.5 Å². The van der Waals surface area contributed by atoms with E-state index in [4.69, 9.17) is 5.73 Å². The van der Waals surface area contributed by atoms with Crippen molar-refractivity contribution < 1.29 is 8.42 Å². The number of rotatable bonds is 2. The summed E-state index contributed by atoms with van der Waals surface area (Å²) in [6.07, 6.45) is 3.26. The van der Waals surface area contributed by atoms with Crippen LogP contribution in [0.15, 0.2) is 12.4 Å². The zero-order chi connectivity index (χ0) is 11.6. The Kier molecular flexibility index (Phi) is 3.06. The minimum absolute atomic E-state index is 0.188. The first-order valence-electron chi connectivity index (χ1n) is 5.07. The molecule has 2 N–H and O–H groups in total. The van der Waals surface area contributed by atoms with Gasteiger partial charge in [0.1, 0.15) is 5.82 Å². The summed E-state index contributed by atoms with van der Waals surface area (Å²) in [4.78, 5) is 10.3. The van der Waals surface area contributed by atoms with Crippen LogP contribution in [-0.2, 0) is 16.4 Å². The van der Waals surface area contributed by atoms with Crippen LogP contribution in [0.3, 0.4) is 0 Å². The van der Waals surface area contributed by atoms with E-state index in [1.165, 1.54) is 0 Å². The molecule has 0 radical (unpaired) electrons. The maximum absolute atomic E-state index is 11.2. The van der Waals surface area contributed by atoms with Crippen LogP contribution in [-0.4, -0.2) is 43.0 Å². The Morgan fingerprint density at radius 2 is 1.94 bits per heavy atom. The zero-order valence-corrected chi connectivity index (χ0v) is 9.65. The number of hydrogen-bond donors (Lipinski definition) is 1. The average molecular weight is 242 g/mol. The molecule has 2 heterocycles. The van der Waals surface area contributed by atoms with Gasteiger partial charge < -0.3 is 10.6 Å². The SMILES string of the molecule is NCc1cnc(N2CCS(=O)(=O)CC2)cn1. The summed E-state index contributed by atoms with van der Waals surface area (Å²) < 4.78 is 22.5. The molecule has 0 bridgehead atoms. The lowest BCUT2D eigenvalue weighted by molar-refractivity contribution is 0.586.